The lowest BCUT2D eigenvalue weighted by Gasteiger charge is -2.18. The molecule has 1 aromatic rings. The van der Waals surface area contributed by atoms with Gasteiger partial charge in [0.25, 0.3) is 0 Å². The van der Waals surface area contributed by atoms with E-state index in [1.807, 2.05) is 6.92 Å². The summed E-state index contributed by atoms with van der Waals surface area (Å²) in [4.78, 5) is 0.135. The van der Waals surface area contributed by atoms with Crippen LogP contribution in [0.15, 0.2) is 21.5 Å². The summed E-state index contributed by atoms with van der Waals surface area (Å²) in [7, 11) is -2.14. The summed E-state index contributed by atoms with van der Waals surface area (Å²) in [5, 5.41) is 9.20. The molecule has 20 heavy (non-hydrogen) atoms. The Hall–Kier alpha value is -0.470. The van der Waals surface area contributed by atoms with Crippen molar-refractivity contribution in [2.75, 3.05) is 13.7 Å². The SMILES string of the molecule is CCC(COC)NS(=O)(=O)c1cc(CO)cc(C)c1Br. The molecule has 1 rings (SSSR count). The number of methoxy groups -OCH3 is 1. The molecule has 0 heterocycles. The predicted molar refractivity (Wildman–Crippen MR) is 81.1 cm³/mol. The fraction of sp³-hybridized carbons (Fsp3) is 0.538. The van der Waals surface area contributed by atoms with Crippen LogP contribution in [0.5, 0.6) is 0 Å². The van der Waals surface area contributed by atoms with Crippen molar-refractivity contribution in [1.82, 2.24) is 4.72 Å². The number of hydrogen-bond donors (Lipinski definition) is 2. The Balaban J connectivity index is 3.18. The van der Waals surface area contributed by atoms with Gasteiger partial charge >= 0.3 is 0 Å². The number of sulfonamides is 1. The van der Waals surface area contributed by atoms with Gasteiger partial charge < -0.3 is 9.84 Å². The molecule has 0 bridgehead atoms. The molecular formula is C13H20BrNO4S. The van der Waals surface area contributed by atoms with Gasteiger partial charge in [0.15, 0.2) is 0 Å². The zero-order chi connectivity index (χ0) is 15.3. The van der Waals surface area contributed by atoms with Crippen molar-refractivity contribution in [3.8, 4) is 0 Å². The van der Waals surface area contributed by atoms with E-state index in [-0.39, 0.29) is 17.5 Å². The molecule has 114 valence electrons. The first kappa shape index (κ1) is 17.6. The van der Waals surface area contributed by atoms with Crippen LogP contribution in [-0.2, 0) is 21.4 Å². The molecule has 5 nitrogen and oxygen atoms in total. The standard InChI is InChI=1S/C13H20BrNO4S/c1-4-11(8-19-3)15-20(17,18)12-6-10(7-16)5-9(2)13(12)14/h5-6,11,15-16H,4,7-8H2,1-3H3. The van der Waals surface area contributed by atoms with Crippen molar-refractivity contribution < 1.29 is 18.3 Å². The van der Waals surface area contributed by atoms with E-state index in [9.17, 15) is 13.5 Å². The average molecular weight is 366 g/mol. The maximum absolute atomic E-state index is 12.4. The number of aliphatic hydroxyl groups excluding tert-OH is 1. The second kappa shape index (κ2) is 7.51. The van der Waals surface area contributed by atoms with E-state index in [1.54, 1.807) is 13.0 Å². The quantitative estimate of drug-likeness (QED) is 0.774. The van der Waals surface area contributed by atoms with Crippen molar-refractivity contribution in [3.05, 3.63) is 27.7 Å². The molecule has 1 atom stereocenters. The number of benzene rings is 1. The van der Waals surface area contributed by atoms with E-state index < -0.39 is 10.0 Å². The third kappa shape index (κ3) is 4.26. The van der Waals surface area contributed by atoms with Crippen LogP contribution in [-0.4, -0.2) is 33.3 Å². The molecule has 0 aliphatic heterocycles. The summed E-state index contributed by atoms with van der Waals surface area (Å²) in [6.45, 7) is 3.78. The molecule has 7 heteroatoms. The zero-order valence-electron chi connectivity index (χ0n) is 11.8. The third-order valence-electron chi connectivity index (χ3n) is 2.94. The first-order valence-electron chi connectivity index (χ1n) is 6.26. The summed E-state index contributed by atoms with van der Waals surface area (Å²) in [5.41, 5.74) is 1.32. The van der Waals surface area contributed by atoms with Gasteiger partial charge in [-0.15, -0.1) is 0 Å². The smallest absolute Gasteiger partial charge is 0.242 e. The van der Waals surface area contributed by atoms with Gasteiger partial charge in [-0.25, -0.2) is 13.1 Å². The Bertz CT molecular complexity index is 560. The lowest BCUT2D eigenvalue weighted by Crippen LogP contribution is -2.37. The van der Waals surface area contributed by atoms with E-state index in [1.165, 1.54) is 13.2 Å². The molecule has 0 aliphatic rings. The van der Waals surface area contributed by atoms with Crippen molar-refractivity contribution in [2.45, 2.75) is 37.8 Å². The Morgan fingerprint density at radius 1 is 1.45 bits per heavy atom. The van der Waals surface area contributed by atoms with Crippen molar-refractivity contribution in [1.29, 1.82) is 0 Å². The average Bonchev–Trinajstić information content (AvgIpc) is 2.40. The number of nitrogens with one attached hydrogen (secondary N) is 1. The van der Waals surface area contributed by atoms with Crippen molar-refractivity contribution >= 4 is 26.0 Å². The summed E-state index contributed by atoms with van der Waals surface area (Å²) < 4.78 is 33.0. The Kier molecular flexibility index (Phi) is 6.60. The number of halogens is 1. The summed E-state index contributed by atoms with van der Waals surface area (Å²) >= 11 is 3.30. The van der Waals surface area contributed by atoms with Crippen LogP contribution in [0.2, 0.25) is 0 Å². The van der Waals surface area contributed by atoms with Crippen LogP contribution in [0.3, 0.4) is 0 Å². The van der Waals surface area contributed by atoms with Crippen LogP contribution in [0.4, 0.5) is 0 Å². The van der Waals surface area contributed by atoms with E-state index in [0.717, 1.165) is 5.56 Å². The largest absolute Gasteiger partial charge is 0.392 e. The minimum Gasteiger partial charge on any atom is -0.392 e. The number of aryl methyl sites for hydroxylation is 1. The molecule has 0 aromatic heterocycles. The van der Waals surface area contributed by atoms with Crippen LogP contribution in [0.1, 0.15) is 24.5 Å². The zero-order valence-corrected chi connectivity index (χ0v) is 14.2. The lowest BCUT2D eigenvalue weighted by atomic mass is 10.1. The lowest BCUT2D eigenvalue weighted by molar-refractivity contribution is 0.173. The fourth-order valence-electron chi connectivity index (χ4n) is 1.82. The molecule has 1 aromatic carbocycles. The van der Waals surface area contributed by atoms with Crippen LogP contribution in [0.25, 0.3) is 0 Å². The normalized spacial score (nSPS) is 13.4. The van der Waals surface area contributed by atoms with Gasteiger partial charge in [0, 0.05) is 17.6 Å². The maximum Gasteiger partial charge on any atom is 0.242 e. The first-order chi connectivity index (χ1) is 9.35. The van der Waals surface area contributed by atoms with Crippen LogP contribution in [0, 0.1) is 6.92 Å². The molecule has 0 spiro atoms. The van der Waals surface area contributed by atoms with Crippen molar-refractivity contribution in [3.63, 3.8) is 0 Å². The van der Waals surface area contributed by atoms with Crippen LogP contribution < -0.4 is 4.72 Å². The monoisotopic (exact) mass is 365 g/mol. The highest BCUT2D eigenvalue weighted by atomic mass is 79.9. The van der Waals surface area contributed by atoms with Gasteiger partial charge in [-0.2, -0.15) is 0 Å². The molecule has 0 saturated carbocycles. The minimum atomic E-state index is -3.67. The topological polar surface area (TPSA) is 75.6 Å². The molecule has 0 amide bonds. The third-order valence-corrected chi connectivity index (χ3v) is 5.80. The van der Waals surface area contributed by atoms with Gasteiger partial charge in [-0.3, -0.25) is 0 Å². The van der Waals surface area contributed by atoms with Gasteiger partial charge in [0.05, 0.1) is 18.1 Å². The fourth-order valence-corrected chi connectivity index (χ4v) is 4.19. The van der Waals surface area contributed by atoms with Gasteiger partial charge in [-0.1, -0.05) is 13.0 Å². The number of ether oxygens (including phenoxy) is 1. The summed E-state index contributed by atoms with van der Waals surface area (Å²) in [6.07, 6.45) is 0.628. The molecule has 0 saturated heterocycles. The van der Waals surface area contributed by atoms with Crippen molar-refractivity contribution in [2.24, 2.45) is 0 Å². The summed E-state index contributed by atoms with van der Waals surface area (Å²) in [6, 6.07) is 2.93. The number of aliphatic hydroxyl groups is 1. The summed E-state index contributed by atoms with van der Waals surface area (Å²) in [5.74, 6) is 0. The highest BCUT2D eigenvalue weighted by Crippen LogP contribution is 2.27. The maximum atomic E-state index is 12.4. The molecule has 2 N–H and O–H groups in total. The van der Waals surface area contributed by atoms with Crippen LogP contribution >= 0.6 is 15.9 Å². The van der Waals surface area contributed by atoms with E-state index in [2.05, 4.69) is 20.7 Å². The van der Waals surface area contributed by atoms with Gasteiger partial charge in [-0.05, 0) is 46.5 Å². The van der Waals surface area contributed by atoms with Gasteiger partial charge in [0.1, 0.15) is 0 Å². The van der Waals surface area contributed by atoms with E-state index >= 15 is 0 Å². The Morgan fingerprint density at radius 2 is 2.10 bits per heavy atom. The first-order valence-corrected chi connectivity index (χ1v) is 8.54. The van der Waals surface area contributed by atoms with E-state index in [0.29, 0.717) is 23.1 Å². The Morgan fingerprint density at radius 3 is 2.60 bits per heavy atom. The second-order valence-corrected chi connectivity index (χ2v) is 7.04. The molecule has 0 aliphatic carbocycles. The number of rotatable bonds is 7. The number of hydrogen-bond acceptors (Lipinski definition) is 4. The minimum absolute atomic E-state index is 0.135. The highest BCUT2D eigenvalue weighted by molar-refractivity contribution is 9.10. The molecule has 0 radical (unpaired) electrons. The Labute approximate surface area is 128 Å². The molecular weight excluding hydrogens is 346 g/mol. The van der Waals surface area contributed by atoms with E-state index in [4.69, 9.17) is 4.74 Å². The molecule has 1 unspecified atom stereocenters. The molecule has 0 fully saturated rings. The second-order valence-electron chi connectivity index (χ2n) is 4.56. The van der Waals surface area contributed by atoms with Gasteiger partial charge in [0.2, 0.25) is 10.0 Å². The predicted octanol–water partition coefficient (Wildman–Crippen LogP) is 1.95. The highest BCUT2D eigenvalue weighted by Gasteiger charge is 2.23.